The molecule has 1 aliphatic carbocycles. The number of aryl methyl sites for hydroxylation is 1. The Balaban J connectivity index is 1.33. The summed E-state index contributed by atoms with van der Waals surface area (Å²) in [5.41, 5.74) is 2.28. The molecule has 0 saturated carbocycles. The molecule has 0 unspecified atom stereocenters. The first-order chi connectivity index (χ1) is 14.0. The fraction of sp³-hybridized carbons (Fsp3) is 0.381. The Morgan fingerprint density at radius 3 is 2.93 bits per heavy atom. The van der Waals surface area contributed by atoms with Crippen LogP contribution < -0.4 is 0 Å². The quantitative estimate of drug-likeness (QED) is 0.524. The summed E-state index contributed by atoms with van der Waals surface area (Å²) in [6.45, 7) is 2.71. The zero-order valence-electron chi connectivity index (χ0n) is 16.4. The molecule has 8 heteroatoms. The first kappa shape index (κ1) is 20.1. The van der Waals surface area contributed by atoms with Gasteiger partial charge in [0.05, 0.1) is 10.6 Å². The van der Waals surface area contributed by atoms with Gasteiger partial charge in [-0.1, -0.05) is 30.8 Å². The van der Waals surface area contributed by atoms with Crippen molar-refractivity contribution in [2.45, 2.75) is 38.0 Å². The normalized spacial score (nSPS) is 15.9. The van der Waals surface area contributed by atoms with E-state index in [4.69, 9.17) is 4.42 Å². The number of carbonyl (C=O) groups excluding carboxylic acids is 1. The smallest absolute Gasteiger partial charge is 0.277 e. The number of benzene rings is 1. The number of nitrogens with zero attached hydrogens (tertiary/aromatic N) is 3. The highest BCUT2D eigenvalue weighted by molar-refractivity contribution is 7.99. The molecule has 1 aromatic carbocycles. The van der Waals surface area contributed by atoms with Crippen molar-refractivity contribution < 1.29 is 13.6 Å². The Kier molecular flexibility index (Phi) is 6.01. The molecule has 1 amide bonds. The topological polar surface area (TPSA) is 59.2 Å². The third-order valence-electron chi connectivity index (χ3n) is 5.02. The van der Waals surface area contributed by atoms with E-state index in [1.165, 1.54) is 40.8 Å². The van der Waals surface area contributed by atoms with Crippen LogP contribution in [0.2, 0.25) is 0 Å². The summed E-state index contributed by atoms with van der Waals surface area (Å²) in [7, 11) is 1.72. The van der Waals surface area contributed by atoms with Crippen molar-refractivity contribution in [3.05, 3.63) is 52.2 Å². The first-order valence-corrected chi connectivity index (χ1v) is 11.3. The lowest BCUT2D eigenvalue weighted by Gasteiger charge is -2.16. The van der Waals surface area contributed by atoms with E-state index in [1.54, 1.807) is 35.4 Å². The third-order valence-corrected chi connectivity index (χ3v) is 7.05. The second-order valence-corrected chi connectivity index (χ2v) is 9.51. The van der Waals surface area contributed by atoms with Gasteiger partial charge in [0.25, 0.3) is 11.1 Å². The fourth-order valence-electron chi connectivity index (χ4n) is 3.36. The van der Waals surface area contributed by atoms with Crippen molar-refractivity contribution in [1.29, 1.82) is 0 Å². The van der Waals surface area contributed by atoms with Crippen LogP contribution >= 0.6 is 23.1 Å². The average Bonchev–Trinajstić information content (AvgIpc) is 3.34. The summed E-state index contributed by atoms with van der Waals surface area (Å²) in [6, 6.07) is 8.31. The molecule has 0 spiro atoms. The zero-order valence-corrected chi connectivity index (χ0v) is 18.0. The van der Waals surface area contributed by atoms with Gasteiger partial charge in [-0.3, -0.25) is 4.79 Å². The molecule has 0 saturated heterocycles. The second-order valence-electron chi connectivity index (χ2n) is 7.45. The van der Waals surface area contributed by atoms with Crippen molar-refractivity contribution in [1.82, 2.24) is 15.1 Å². The number of rotatable bonds is 6. The number of thioether (sulfide) groups is 1. The summed E-state index contributed by atoms with van der Waals surface area (Å²) < 4.78 is 18.8. The average molecular weight is 432 g/mol. The molecule has 0 aliphatic heterocycles. The lowest BCUT2D eigenvalue weighted by molar-refractivity contribution is -0.127. The monoisotopic (exact) mass is 431 g/mol. The largest absolute Gasteiger partial charge is 0.410 e. The molecule has 1 atom stereocenters. The van der Waals surface area contributed by atoms with Crippen LogP contribution in [0, 0.1) is 11.7 Å². The molecule has 2 heterocycles. The molecule has 0 fully saturated rings. The van der Waals surface area contributed by atoms with Crippen molar-refractivity contribution in [3.8, 4) is 10.8 Å². The number of hydrogen-bond donors (Lipinski definition) is 0. The van der Waals surface area contributed by atoms with Gasteiger partial charge in [-0.05, 0) is 54.5 Å². The van der Waals surface area contributed by atoms with Crippen LogP contribution in [0.5, 0.6) is 0 Å². The Morgan fingerprint density at radius 1 is 1.34 bits per heavy atom. The molecule has 0 radical (unpaired) electrons. The van der Waals surface area contributed by atoms with Gasteiger partial charge in [0, 0.05) is 18.5 Å². The highest BCUT2D eigenvalue weighted by atomic mass is 32.2. The number of hydrogen-bond acceptors (Lipinski definition) is 6. The number of amides is 1. The van der Waals surface area contributed by atoms with Gasteiger partial charge in [0.2, 0.25) is 5.91 Å². The van der Waals surface area contributed by atoms with E-state index in [0.717, 1.165) is 29.2 Å². The molecular formula is C21H22FN3O2S2. The van der Waals surface area contributed by atoms with Crippen LogP contribution in [0.3, 0.4) is 0 Å². The van der Waals surface area contributed by atoms with Gasteiger partial charge in [0.15, 0.2) is 0 Å². The van der Waals surface area contributed by atoms with E-state index in [2.05, 4.69) is 23.2 Å². The van der Waals surface area contributed by atoms with Crippen molar-refractivity contribution in [3.63, 3.8) is 0 Å². The van der Waals surface area contributed by atoms with Crippen LogP contribution in [0.4, 0.5) is 4.39 Å². The van der Waals surface area contributed by atoms with E-state index in [1.807, 2.05) is 0 Å². The Bertz CT molecular complexity index is 1000. The van der Waals surface area contributed by atoms with E-state index in [0.29, 0.717) is 17.7 Å². The van der Waals surface area contributed by atoms with Gasteiger partial charge >= 0.3 is 0 Å². The minimum absolute atomic E-state index is 0.0559. The van der Waals surface area contributed by atoms with Gasteiger partial charge in [0.1, 0.15) is 5.82 Å². The van der Waals surface area contributed by atoms with Gasteiger partial charge in [-0.15, -0.1) is 21.5 Å². The lowest BCUT2D eigenvalue weighted by Crippen LogP contribution is -2.27. The summed E-state index contributed by atoms with van der Waals surface area (Å²) >= 11 is 2.96. The van der Waals surface area contributed by atoms with Gasteiger partial charge < -0.3 is 9.32 Å². The Hall–Kier alpha value is -2.19. The molecule has 5 nitrogen and oxygen atoms in total. The molecule has 0 bridgehead atoms. The van der Waals surface area contributed by atoms with Crippen molar-refractivity contribution in [2.75, 3.05) is 12.8 Å². The maximum absolute atomic E-state index is 13.0. The predicted molar refractivity (Wildman–Crippen MR) is 112 cm³/mol. The highest BCUT2D eigenvalue weighted by Gasteiger charge is 2.21. The number of fused-ring (bicyclic) bond motifs is 1. The molecule has 4 rings (SSSR count). The minimum atomic E-state index is -0.286. The molecule has 152 valence electrons. The third kappa shape index (κ3) is 4.87. The molecule has 1 aliphatic rings. The lowest BCUT2D eigenvalue weighted by atomic mass is 9.90. The first-order valence-electron chi connectivity index (χ1n) is 9.54. The van der Waals surface area contributed by atoms with E-state index >= 15 is 0 Å². The number of aromatic nitrogens is 2. The van der Waals surface area contributed by atoms with E-state index in [-0.39, 0.29) is 17.5 Å². The van der Waals surface area contributed by atoms with Crippen LogP contribution in [0.1, 0.15) is 29.3 Å². The second kappa shape index (κ2) is 8.67. The van der Waals surface area contributed by atoms with Gasteiger partial charge in [-0.25, -0.2) is 4.39 Å². The molecule has 3 aromatic rings. The zero-order chi connectivity index (χ0) is 20.4. The standard InChI is InChI=1S/C21H22FN3O2S2/c1-13-3-8-17-15(9-13)10-18(29-17)20-23-24-21(27-20)28-12-19(26)25(2)11-14-4-6-16(22)7-5-14/h4-7,10,13H,3,8-9,11-12H2,1-2H3/t13-/m0/s1. The Labute approximate surface area is 177 Å². The maximum atomic E-state index is 13.0. The molecule has 0 N–H and O–H groups in total. The van der Waals surface area contributed by atoms with Crippen molar-refractivity contribution in [2.24, 2.45) is 5.92 Å². The van der Waals surface area contributed by atoms with Crippen molar-refractivity contribution >= 4 is 29.0 Å². The van der Waals surface area contributed by atoms with Crippen LogP contribution in [-0.2, 0) is 24.2 Å². The summed E-state index contributed by atoms with van der Waals surface area (Å²) in [5, 5.41) is 8.63. The highest BCUT2D eigenvalue weighted by Crippen LogP contribution is 2.37. The summed E-state index contributed by atoms with van der Waals surface area (Å²) in [6.07, 6.45) is 3.45. The maximum Gasteiger partial charge on any atom is 0.277 e. The number of carbonyl (C=O) groups is 1. The minimum Gasteiger partial charge on any atom is -0.410 e. The fourth-order valence-corrected chi connectivity index (χ4v) is 5.20. The number of halogens is 1. The summed E-state index contributed by atoms with van der Waals surface area (Å²) in [4.78, 5) is 16.4. The van der Waals surface area contributed by atoms with Crippen LogP contribution in [0.15, 0.2) is 40.0 Å². The SMILES string of the molecule is C[C@H]1CCc2sc(-c3nnc(SCC(=O)N(C)Cc4ccc(F)cc4)o3)cc2C1. The Morgan fingerprint density at radius 2 is 2.14 bits per heavy atom. The molecule has 29 heavy (non-hydrogen) atoms. The van der Waals surface area contributed by atoms with E-state index < -0.39 is 0 Å². The summed E-state index contributed by atoms with van der Waals surface area (Å²) in [5.74, 6) is 1.10. The van der Waals surface area contributed by atoms with Crippen LogP contribution in [0.25, 0.3) is 10.8 Å². The predicted octanol–water partition coefficient (Wildman–Crippen LogP) is 4.81. The molecular weight excluding hydrogens is 409 g/mol. The van der Waals surface area contributed by atoms with E-state index in [9.17, 15) is 9.18 Å². The number of thiophene rings is 1. The van der Waals surface area contributed by atoms with Crippen LogP contribution in [-0.4, -0.2) is 33.8 Å². The molecule has 2 aromatic heterocycles. The van der Waals surface area contributed by atoms with Gasteiger partial charge in [-0.2, -0.15) is 0 Å².